The Morgan fingerprint density at radius 1 is 1.23 bits per heavy atom. The summed E-state index contributed by atoms with van der Waals surface area (Å²) in [6.07, 6.45) is 1.96. The molecule has 0 spiro atoms. The molecule has 1 amide bonds. The van der Waals surface area contributed by atoms with Crippen LogP contribution in [0.3, 0.4) is 0 Å². The van der Waals surface area contributed by atoms with Crippen molar-refractivity contribution in [3.05, 3.63) is 58.1 Å². The van der Waals surface area contributed by atoms with Gasteiger partial charge in [-0.3, -0.25) is 4.79 Å². The van der Waals surface area contributed by atoms with Crippen LogP contribution in [0.1, 0.15) is 43.9 Å². The molecule has 2 aromatic carbocycles. The van der Waals surface area contributed by atoms with Gasteiger partial charge in [0.2, 0.25) is 0 Å². The Balaban J connectivity index is 1.74. The van der Waals surface area contributed by atoms with E-state index >= 15 is 0 Å². The van der Waals surface area contributed by atoms with Crippen LogP contribution in [0.2, 0.25) is 5.02 Å². The summed E-state index contributed by atoms with van der Waals surface area (Å²) in [7, 11) is 0. The maximum atomic E-state index is 12.8. The fraction of sp³-hybridized carbons (Fsp3) is 0.417. The van der Waals surface area contributed by atoms with Gasteiger partial charge in [0, 0.05) is 17.5 Å². The third-order valence-corrected chi connectivity index (χ3v) is 7.25. The van der Waals surface area contributed by atoms with E-state index in [1.54, 1.807) is 30.9 Å². The number of halogens is 1. The highest BCUT2D eigenvalue weighted by Gasteiger charge is 2.32. The normalized spacial score (nSPS) is 15.8. The Labute approximate surface area is 192 Å². The number of carboxylic acids is 1. The second-order valence-electron chi connectivity index (χ2n) is 8.33. The summed E-state index contributed by atoms with van der Waals surface area (Å²) in [5, 5.41) is 9.96. The third kappa shape index (κ3) is 5.55. The lowest BCUT2D eigenvalue weighted by Crippen LogP contribution is -2.44. The number of amides is 1. The van der Waals surface area contributed by atoms with Crippen molar-refractivity contribution in [1.82, 2.24) is 4.90 Å². The van der Waals surface area contributed by atoms with Gasteiger partial charge in [0.15, 0.2) is 0 Å². The second-order valence-corrected chi connectivity index (χ2v) is 10.4. The average molecular weight is 462 g/mol. The zero-order chi connectivity index (χ0) is 22.8. The number of rotatable bonds is 6. The molecule has 1 aliphatic rings. The Hall–Kier alpha value is -2.18. The average Bonchev–Trinajstić information content (AvgIpc) is 2.70. The number of hydrogen-bond donors (Lipinski definition) is 1. The predicted octanol–water partition coefficient (Wildman–Crippen LogP) is 5.98. The standard InChI is InChI=1S/C24H28ClNO4S/c1-5-26(23(29)30-19-10-6-15(2)7-11-19)18-9-8-16-14-21(20(25)13-17(16)12-18)31-24(3,4)22(27)28/h6-7,10-11,13-14,18H,5,8-9,12H2,1-4H3,(H,27,28). The minimum absolute atomic E-state index is 0.0282. The summed E-state index contributed by atoms with van der Waals surface area (Å²) in [6.45, 7) is 7.84. The molecule has 1 N–H and O–H groups in total. The molecule has 0 saturated carbocycles. The summed E-state index contributed by atoms with van der Waals surface area (Å²) >= 11 is 7.75. The molecule has 1 atom stereocenters. The van der Waals surface area contributed by atoms with E-state index in [1.165, 1.54) is 11.8 Å². The molecule has 166 valence electrons. The predicted molar refractivity (Wildman–Crippen MR) is 124 cm³/mol. The van der Waals surface area contributed by atoms with E-state index in [9.17, 15) is 14.7 Å². The summed E-state index contributed by atoms with van der Waals surface area (Å²) in [5.74, 6) is -0.340. The van der Waals surface area contributed by atoms with Gasteiger partial charge in [-0.15, -0.1) is 11.8 Å². The highest BCUT2D eigenvalue weighted by molar-refractivity contribution is 8.01. The fourth-order valence-electron chi connectivity index (χ4n) is 3.70. The summed E-state index contributed by atoms with van der Waals surface area (Å²) in [6, 6.07) is 11.4. The number of aryl methyl sites for hydroxylation is 2. The first kappa shape index (κ1) is 23.5. The van der Waals surface area contributed by atoms with Gasteiger partial charge in [0.25, 0.3) is 0 Å². The van der Waals surface area contributed by atoms with Gasteiger partial charge in [0.05, 0.1) is 5.02 Å². The van der Waals surface area contributed by atoms with Crippen LogP contribution in [-0.4, -0.2) is 39.4 Å². The number of benzene rings is 2. The molecule has 3 rings (SSSR count). The van der Waals surface area contributed by atoms with Gasteiger partial charge in [-0.2, -0.15) is 0 Å². The van der Waals surface area contributed by atoms with Crippen molar-refractivity contribution in [3.63, 3.8) is 0 Å². The number of thioether (sulfide) groups is 1. The molecule has 0 radical (unpaired) electrons. The van der Waals surface area contributed by atoms with Crippen LogP contribution in [0.25, 0.3) is 0 Å². The second kappa shape index (κ2) is 9.53. The molecule has 0 bridgehead atoms. The number of carboxylic acid groups (broad SMARTS) is 1. The Kier molecular flexibility index (Phi) is 7.22. The smallest absolute Gasteiger partial charge is 0.415 e. The number of aliphatic carboxylic acids is 1. The first-order valence-corrected chi connectivity index (χ1v) is 11.6. The maximum Gasteiger partial charge on any atom is 0.415 e. The van der Waals surface area contributed by atoms with Crippen LogP contribution in [0.4, 0.5) is 4.79 Å². The Morgan fingerprint density at radius 3 is 2.52 bits per heavy atom. The number of fused-ring (bicyclic) bond motifs is 1. The van der Waals surface area contributed by atoms with Crippen LogP contribution in [-0.2, 0) is 17.6 Å². The lowest BCUT2D eigenvalue weighted by molar-refractivity contribution is -0.138. The van der Waals surface area contributed by atoms with E-state index in [1.807, 2.05) is 38.1 Å². The van der Waals surface area contributed by atoms with E-state index in [2.05, 4.69) is 0 Å². The number of ether oxygens (including phenoxy) is 1. The zero-order valence-corrected chi connectivity index (χ0v) is 19.8. The molecule has 0 fully saturated rings. The highest BCUT2D eigenvalue weighted by atomic mass is 35.5. The number of likely N-dealkylation sites (N-methyl/N-ethyl adjacent to an activating group) is 1. The largest absolute Gasteiger partial charge is 0.480 e. The number of carbonyl (C=O) groups is 2. The van der Waals surface area contributed by atoms with Crippen LogP contribution in [0, 0.1) is 6.92 Å². The molecule has 1 aliphatic carbocycles. The van der Waals surface area contributed by atoms with Crippen LogP contribution < -0.4 is 4.74 Å². The monoisotopic (exact) mass is 461 g/mol. The lowest BCUT2D eigenvalue weighted by Gasteiger charge is -2.34. The van der Waals surface area contributed by atoms with Crippen molar-refractivity contribution in [3.8, 4) is 5.75 Å². The van der Waals surface area contributed by atoms with Crippen molar-refractivity contribution in [2.24, 2.45) is 0 Å². The molecule has 0 aliphatic heterocycles. The summed E-state index contributed by atoms with van der Waals surface area (Å²) in [4.78, 5) is 26.8. The van der Waals surface area contributed by atoms with E-state index < -0.39 is 10.7 Å². The van der Waals surface area contributed by atoms with Gasteiger partial charge in [-0.05, 0) is 82.3 Å². The van der Waals surface area contributed by atoms with Crippen molar-refractivity contribution < 1.29 is 19.4 Å². The maximum absolute atomic E-state index is 12.8. The van der Waals surface area contributed by atoms with E-state index in [0.29, 0.717) is 23.7 Å². The molecule has 1 unspecified atom stereocenters. The van der Waals surface area contributed by atoms with Crippen molar-refractivity contribution in [1.29, 1.82) is 0 Å². The molecule has 31 heavy (non-hydrogen) atoms. The van der Waals surface area contributed by atoms with Gasteiger partial charge >= 0.3 is 12.1 Å². The quantitative estimate of drug-likeness (QED) is 0.536. The van der Waals surface area contributed by atoms with E-state index in [4.69, 9.17) is 16.3 Å². The summed E-state index contributed by atoms with van der Waals surface area (Å²) < 4.78 is 4.62. The van der Waals surface area contributed by atoms with Gasteiger partial charge in [-0.25, -0.2) is 4.79 Å². The third-order valence-electron chi connectivity index (χ3n) is 5.58. The summed E-state index contributed by atoms with van der Waals surface area (Å²) in [5.41, 5.74) is 3.37. The van der Waals surface area contributed by atoms with E-state index in [0.717, 1.165) is 34.4 Å². The van der Waals surface area contributed by atoms with Gasteiger partial charge < -0.3 is 14.7 Å². The Morgan fingerprint density at radius 2 is 1.90 bits per heavy atom. The number of nitrogens with zero attached hydrogens (tertiary/aromatic N) is 1. The van der Waals surface area contributed by atoms with Gasteiger partial charge in [0.1, 0.15) is 10.5 Å². The SMILES string of the molecule is CCN(C(=O)Oc1ccc(C)cc1)C1CCc2cc(SC(C)(C)C(=O)O)c(Cl)cc2C1. The molecule has 7 heteroatoms. The molecule has 5 nitrogen and oxygen atoms in total. The zero-order valence-electron chi connectivity index (χ0n) is 18.3. The van der Waals surface area contributed by atoms with Gasteiger partial charge in [-0.1, -0.05) is 29.3 Å². The molecular formula is C24H28ClNO4S. The Bertz CT molecular complexity index is 974. The van der Waals surface area contributed by atoms with Crippen LogP contribution in [0.5, 0.6) is 5.75 Å². The van der Waals surface area contributed by atoms with E-state index in [-0.39, 0.29) is 12.1 Å². The van der Waals surface area contributed by atoms with Crippen molar-refractivity contribution in [2.45, 2.75) is 62.6 Å². The molecular weight excluding hydrogens is 434 g/mol. The molecule has 0 heterocycles. The minimum atomic E-state index is -0.964. The first-order chi connectivity index (χ1) is 14.6. The fourth-order valence-corrected chi connectivity index (χ4v) is 5.00. The number of hydrogen-bond acceptors (Lipinski definition) is 4. The van der Waals surface area contributed by atoms with Crippen molar-refractivity contribution >= 4 is 35.4 Å². The molecule has 0 saturated heterocycles. The highest BCUT2D eigenvalue weighted by Crippen LogP contribution is 2.40. The lowest BCUT2D eigenvalue weighted by atomic mass is 9.87. The first-order valence-electron chi connectivity index (χ1n) is 10.4. The number of carbonyl (C=O) groups excluding carboxylic acids is 1. The van der Waals surface area contributed by atoms with Crippen LogP contribution in [0.15, 0.2) is 41.3 Å². The van der Waals surface area contributed by atoms with Crippen molar-refractivity contribution in [2.75, 3.05) is 6.54 Å². The molecule has 0 aromatic heterocycles. The topological polar surface area (TPSA) is 66.8 Å². The minimum Gasteiger partial charge on any atom is -0.480 e. The van der Waals surface area contributed by atoms with Crippen LogP contribution >= 0.6 is 23.4 Å². The molecule has 2 aromatic rings.